The molecule has 1 aromatic carbocycles. The minimum atomic E-state index is -3.63. The van der Waals surface area contributed by atoms with Crippen LogP contribution in [0.2, 0.25) is 0 Å². The minimum absolute atomic E-state index is 0.167. The lowest BCUT2D eigenvalue weighted by atomic mass is 10.2. The Morgan fingerprint density at radius 3 is 2.40 bits per heavy atom. The minimum Gasteiger partial charge on any atom is -0.199 e. The molecule has 0 saturated carbocycles. The van der Waals surface area contributed by atoms with E-state index in [1.54, 1.807) is 12.1 Å². The monoisotopic (exact) mass is 224 g/mol. The van der Waals surface area contributed by atoms with E-state index in [-0.39, 0.29) is 4.90 Å². The Bertz CT molecular complexity index is 545. The van der Waals surface area contributed by atoms with Gasteiger partial charge in [0.15, 0.2) is 6.33 Å². The first-order chi connectivity index (χ1) is 7.10. The predicted octanol–water partition coefficient (Wildman–Crippen LogP) is 0.219. The number of benzene rings is 1. The number of aromatic nitrogens is 4. The van der Waals surface area contributed by atoms with E-state index < -0.39 is 10.0 Å². The Kier molecular flexibility index (Phi) is 2.24. The fourth-order valence-corrected chi connectivity index (χ4v) is 2.07. The highest BCUT2D eigenvalue weighted by Gasteiger charge is 2.17. The van der Waals surface area contributed by atoms with E-state index in [4.69, 9.17) is 0 Å². The Morgan fingerprint density at radius 1 is 1.20 bits per heavy atom. The third-order valence-electron chi connectivity index (χ3n) is 1.90. The summed E-state index contributed by atoms with van der Waals surface area (Å²) < 4.78 is 24.4. The number of aryl methyl sites for hydroxylation is 1. The summed E-state index contributed by atoms with van der Waals surface area (Å²) in [5.74, 6) is 0. The van der Waals surface area contributed by atoms with Gasteiger partial charge in [-0.15, -0.1) is 9.19 Å². The molecular formula is C8H8N4O2S. The van der Waals surface area contributed by atoms with Crippen molar-refractivity contribution < 1.29 is 8.42 Å². The van der Waals surface area contributed by atoms with Gasteiger partial charge < -0.3 is 0 Å². The maximum Gasteiger partial charge on any atom is 0.285 e. The van der Waals surface area contributed by atoms with Crippen molar-refractivity contribution in [1.29, 1.82) is 0 Å². The Hall–Kier alpha value is -1.76. The van der Waals surface area contributed by atoms with Crippen LogP contribution >= 0.6 is 0 Å². The molecule has 0 fully saturated rings. The van der Waals surface area contributed by atoms with Gasteiger partial charge in [-0.05, 0) is 29.5 Å². The molecule has 0 saturated heterocycles. The predicted molar refractivity (Wildman–Crippen MR) is 51.6 cm³/mol. The molecule has 0 amide bonds. The van der Waals surface area contributed by atoms with Crippen LogP contribution in [0.4, 0.5) is 0 Å². The molecule has 0 spiro atoms. The molecule has 0 radical (unpaired) electrons. The average molecular weight is 224 g/mol. The van der Waals surface area contributed by atoms with Crippen molar-refractivity contribution in [1.82, 2.24) is 19.6 Å². The third kappa shape index (κ3) is 1.73. The van der Waals surface area contributed by atoms with E-state index in [1.807, 2.05) is 6.92 Å². The summed E-state index contributed by atoms with van der Waals surface area (Å²) >= 11 is 0. The van der Waals surface area contributed by atoms with Gasteiger partial charge in [-0.1, -0.05) is 17.7 Å². The van der Waals surface area contributed by atoms with Gasteiger partial charge in [-0.2, -0.15) is 8.42 Å². The lowest BCUT2D eigenvalue weighted by Gasteiger charge is -2.02. The number of nitrogens with zero attached hydrogens (tertiary/aromatic N) is 4. The summed E-state index contributed by atoms with van der Waals surface area (Å²) in [6.07, 6.45) is 1.05. The van der Waals surface area contributed by atoms with E-state index >= 15 is 0 Å². The first-order valence-corrected chi connectivity index (χ1v) is 5.60. The van der Waals surface area contributed by atoms with Gasteiger partial charge in [0.2, 0.25) is 0 Å². The van der Waals surface area contributed by atoms with Gasteiger partial charge in [0.05, 0.1) is 4.90 Å². The molecule has 0 N–H and O–H groups in total. The highest BCUT2D eigenvalue weighted by molar-refractivity contribution is 7.89. The van der Waals surface area contributed by atoms with E-state index in [0.717, 1.165) is 16.0 Å². The maximum absolute atomic E-state index is 11.8. The van der Waals surface area contributed by atoms with Crippen LogP contribution in [0.15, 0.2) is 35.5 Å². The zero-order valence-corrected chi connectivity index (χ0v) is 8.72. The van der Waals surface area contributed by atoms with Crippen LogP contribution in [-0.2, 0) is 10.0 Å². The second-order valence-corrected chi connectivity index (χ2v) is 4.80. The van der Waals surface area contributed by atoms with Crippen LogP contribution in [0.5, 0.6) is 0 Å². The SMILES string of the molecule is Cc1ccc(S(=O)(=O)n2cnnn2)cc1. The molecule has 0 atom stereocenters. The molecule has 1 heterocycles. The van der Waals surface area contributed by atoms with Gasteiger partial charge in [0.1, 0.15) is 0 Å². The number of tetrazole rings is 1. The molecule has 2 rings (SSSR count). The standard InChI is InChI=1S/C8H8N4O2S/c1-7-2-4-8(5-3-7)15(13,14)12-6-9-10-11-12/h2-6H,1H3. The fraction of sp³-hybridized carbons (Fsp3) is 0.125. The second-order valence-electron chi connectivity index (χ2n) is 3.00. The normalized spacial score (nSPS) is 11.5. The summed E-state index contributed by atoms with van der Waals surface area (Å²) in [5.41, 5.74) is 0.991. The molecule has 7 heteroatoms. The highest BCUT2D eigenvalue weighted by Crippen LogP contribution is 2.12. The molecule has 78 valence electrons. The summed E-state index contributed by atoms with van der Waals surface area (Å²) in [7, 11) is -3.63. The van der Waals surface area contributed by atoms with Crippen LogP contribution in [0.1, 0.15) is 5.56 Å². The summed E-state index contributed by atoms with van der Waals surface area (Å²) in [5, 5.41) is 9.92. The Balaban J connectivity index is 2.52. The quantitative estimate of drug-likeness (QED) is 0.729. The number of rotatable bonds is 2. The molecule has 0 aliphatic heterocycles. The lowest BCUT2D eigenvalue weighted by molar-refractivity contribution is 0.577. The average Bonchev–Trinajstić information content (AvgIpc) is 2.71. The molecule has 0 aliphatic carbocycles. The molecule has 2 aromatic rings. The van der Waals surface area contributed by atoms with E-state index in [9.17, 15) is 8.42 Å². The summed E-state index contributed by atoms with van der Waals surface area (Å²) in [4.78, 5) is 0.167. The smallest absolute Gasteiger partial charge is 0.199 e. The Morgan fingerprint density at radius 2 is 1.87 bits per heavy atom. The summed E-state index contributed by atoms with van der Waals surface area (Å²) in [6.45, 7) is 1.88. The third-order valence-corrected chi connectivity index (χ3v) is 3.42. The van der Waals surface area contributed by atoms with Crippen LogP contribution in [0.3, 0.4) is 0 Å². The van der Waals surface area contributed by atoms with Gasteiger partial charge in [0, 0.05) is 0 Å². The first kappa shape index (κ1) is 9.78. The molecule has 1 aromatic heterocycles. The largest absolute Gasteiger partial charge is 0.285 e. The van der Waals surface area contributed by atoms with Crippen molar-refractivity contribution >= 4 is 10.0 Å². The number of hydrogen-bond acceptors (Lipinski definition) is 5. The van der Waals surface area contributed by atoms with Gasteiger partial charge in [-0.3, -0.25) is 0 Å². The van der Waals surface area contributed by atoms with Crippen molar-refractivity contribution in [3.05, 3.63) is 36.2 Å². The van der Waals surface area contributed by atoms with Crippen LogP contribution in [0, 0.1) is 6.92 Å². The van der Waals surface area contributed by atoms with Crippen molar-refractivity contribution in [3.8, 4) is 0 Å². The highest BCUT2D eigenvalue weighted by atomic mass is 32.2. The zero-order chi connectivity index (χ0) is 10.9. The van der Waals surface area contributed by atoms with Gasteiger partial charge >= 0.3 is 0 Å². The van der Waals surface area contributed by atoms with Crippen LogP contribution < -0.4 is 0 Å². The molecular weight excluding hydrogens is 216 g/mol. The van der Waals surface area contributed by atoms with Crippen LogP contribution in [-0.4, -0.2) is 28.0 Å². The first-order valence-electron chi connectivity index (χ1n) is 4.16. The fourth-order valence-electron chi connectivity index (χ4n) is 1.08. The van der Waals surface area contributed by atoms with Crippen molar-refractivity contribution in [2.24, 2.45) is 0 Å². The zero-order valence-electron chi connectivity index (χ0n) is 7.90. The van der Waals surface area contributed by atoms with Crippen LogP contribution in [0.25, 0.3) is 0 Å². The topological polar surface area (TPSA) is 77.7 Å². The lowest BCUT2D eigenvalue weighted by Crippen LogP contribution is -2.13. The molecule has 0 bridgehead atoms. The van der Waals surface area contributed by atoms with Crippen molar-refractivity contribution in [3.63, 3.8) is 0 Å². The van der Waals surface area contributed by atoms with E-state index in [1.165, 1.54) is 12.1 Å². The van der Waals surface area contributed by atoms with E-state index in [0.29, 0.717) is 0 Å². The molecule has 15 heavy (non-hydrogen) atoms. The molecule has 6 nitrogen and oxygen atoms in total. The van der Waals surface area contributed by atoms with Crippen molar-refractivity contribution in [2.75, 3.05) is 0 Å². The van der Waals surface area contributed by atoms with E-state index in [2.05, 4.69) is 15.5 Å². The molecule has 0 aliphatic rings. The van der Waals surface area contributed by atoms with Crippen molar-refractivity contribution in [2.45, 2.75) is 11.8 Å². The summed E-state index contributed by atoms with van der Waals surface area (Å²) in [6, 6.07) is 6.48. The van der Waals surface area contributed by atoms with Gasteiger partial charge in [0.25, 0.3) is 10.0 Å². The molecule has 0 unspecified atom stereocenters. The number of hydrogen-bond donors (Lipinski definition) is 0. The van der Waals surface area contributed by atoms with Gasteiger partial charge in [-0.25, -0.2) is 0 Å². The second kappa shape index (κ2) is 3.43. The Labute approximate surface area is 86.6 Å². The maximum atomic E-state index is 11.8.